The van der Waals surface area contributed by atoms with E-state index >= 15 is 0 Å². The van der Waals surface area contributed by atoms with Gasteiger partial charge in [0.1, 0.15) is 0 Å². The summed E-state index contributed by atoms with van der Waals surface area (Å²) >= 11 is 1.88. The minimum absolute atomic E-state index is 0. The average molecular weight is 418 g/mol. The number of nitrogens with zero attached hydrogens (tertiary/aromatic N) is 4. The maximum Gasteiger partial charge on any atom is 0.0576 e. The van der Waals surface area contributed by atoms with E-state index in [-0.39, 0.29) is 12.4 Å². The van der Waals surface area contributed by atoms with Crippen molar-refractivity contribution >= 4 is 23.7 Å². The minimum Gasteiger partial charge on any atom is -0.317 e. The Morgan fingerprint density at radius 1 is 1.18 bits per heavy atom. The first-order valence-electron chi connectivity index (χ1n) is 9.70. The van der Waals surface area contributed by atoms with Crippen molar-refractivity contribution in [3.8, 4) is 10.4 Å². The molecule has 7 heteroatoms. The predicted molar refractivity (Wildman–Crippen MR) is 118 cm³/mol. The molecule has 0 spiro atoms. The first kappa shape index (κ1) is 21.0. The maximum absolute atomic E-state index is 4.57. The Hall–Kier alpha value is -1.73. The molecule has 1 fully saturated rings. The Balaban J connectivity index is 0.00000225. The highest BCUT2D eigenvalue weighted by Gasteiger charge is 2.21. The zero-order valence-electron chi connectivity index (χ0n) is 16.3. The summed E-state index contributed by atoms with van der Waals surface area (Å²) in [5, 5.41) is 7.84. The van der Waals surface area contributed by atoms with Gasteiger partial charge in [-0.1, -0.05) is 6.07 Å². The van der Waals surface area contributed by atoms with E-state index in [0.717, 1.165) is 31.9 Å². The molecular formula is C21H28ClN5S. The summed E-state index contributed by atoms with van der Waals surface area (Å²) < 4.78 is 1.86. The van der Waals surface area contributed by atoms with E-state index in [1.54, 1.807) is 0 Å². The summed E-state index contributed by atoms with van der Waals surface area (Å²) in [6, 6.07) is 11.3. The Bertz CT molecular complexity index is 839. The van der Waals surface area contributed by atoms with Crippen LogP contribution in [0.5, 0.6) is 0 Å². The number of thiophene rings is 1. The van der Waals surface area contributed by atoms with E-state index in [2.05, 4.69) is 50.8 Å². The topological polar surface area (TPSA) is 46.0 Å². The molecule has 4 rings (SSSR count). The monoisotopic (exact) mass is 417 g/mol. The molecule has 0 amide bonds. The van der Waals surface area contributed by atoms with Crippen molar-refractivity contribution < 1.29 is 0 Å². The molecule has 0 bridgehead atoms. The Morgan fingerprint density at radius 2 is 2.11 bits per heavy atom. The summed E-state index contributed by atoms with van der Waals surface area (Å²) in [5.74, 6) is 0. The number of halogens is 1. The lowest BCUT2D eigenvalue weighted by Crippen LogP contribution is -2.35. The van der Waals surface area contributed by atoms with Gasteiger partial charge in [0.15, 0.2) is 0 Å². The van der Waals surface area contributed by atoms with E-state index in [4.69, 9.17) is 0 Å². The highest BCUT2D eigenvalue weighted by molar-refractivity contribution is 7.15. The fourth-order valence-corrected chi connectivity index (χ4v) is 4.75. The number of rotatable bonds is 6. The zero-order chi connectivity index (χ0) is 18.5. The molecule has 1 aliphatic heterocycles. The van der Waals surface area contributed by atoms with Crippen LogP contribution >= 0.6 is 23.7 Å². The van der Waals surface area contributed by atoms with Crippen molar-refractivity contribution in [2.75, 3.05) is 13.1 Å². The number of pyridine rings is 1. The van der Waals surface area contributed by atoms with Crippen LogP contribution < -0.4 is 5.32 Å². The normalized spacial score (nSPS) is 17.3. The number of nitrogens with one attached hydrogen (secondary N) is 1. The third-order valence-electron chi connectivity index (χ3n) is 5.16. The molecule has 1 N–H and O–H groups in total. The number of aromatic nitrogens is 3. The summed E-state index contributed by atoms with van der Waals surface area (Å²) in [5.41, 5.74) is 2.35. The Labute approximate surface area is 177 Å². The summed E-state index contributed by atoms with van der Waals surface area (Å²) in [6.45, 7) is 4.13. The molecule has 150 valence electrons. The molecule has 3 aromatic rings. The molecule has 3 aromatic heterocycles. The van der Waals surface area contributed by atoms with Crippen molar-refractivity contribution in [1.82, 2.24) is 25.0 Å². The van der Waals surface area contributed by atoms with Gasteiger partial charge in [0.25, 0.3) is 0 Å². The molecule has 1 atom stereocenters. The highest BCUT2D eigenvalue weighted by Crippen LogP contribution is 2.30. The van der Waals surface area contributed by atoms with Crippen LogP contribution in [0.1, 0.15) is 29.8 Å². The van der Waals surface area contributed by atoms with Crippen molar-refractivity contribution in [3.63, 3.8) is 0 Å². The molecule has 1 unspecified atom stereocenters. The molecule has 5 nitrogen and oxygen atoms in total. The van der Waals surface area contributed by atoms with Gasteiger partial charge in [-0.15, -0.1) is 23.7 Å². The quantitative estimate of drug-likeness (QED) is 0.655. The average Bonchev–Trinajstić information content (AvgIpc) is 3.23. The van der Waals surface area contributed by atoms with Gasteiger partial charge in [0.2, 0.25) is 0 Å². The number of hydrogen-bond acceptors (Lipinski definition) is 5. The molecule has 0 radical (unpaired) electrons. The molecule has 1 saturated heterocycles. The first-order chi connectivity index (χ1) is 13.3. The SMILES string of the molecule is Cl.Cn1cc(-c2ccc(CN(Cc3ccccn3)C3CCCNCC3)s2)cn1. The third-order valence-corrected chi connectivity index (χ3v) is 6.28. The van der Waals surface area contributed by atoms with Crippen molar-refractivity contribution in [2.45, 2.75) is 38.4 Å². The molecule has 28 heavy (non-hydrogen) atoms. The predicted octanol–water partition coefficient (Wildman–Crippen LogP) is 4.11. The van der Waals surface area contributed by atoms with Crippen LogP contribution in [-0.2, 0) is 20.1 Å². The lowest BCUT2D eigenvalue weighted by molar-refractivity contribution is 0.164. The maximum atomic E-state index is 4.57. The van der Waals surface area contributed by atoms with Crippen LogP contribution in [0.15, 0.2) is 48.9 Å². The summed E-state index contributed by atoms with van der Waals surface area (Å²) in [6.07, 6.45) is 9.62. The van der Waals surface area contributed by atoms with Gasteiger partial charge < -0.3 is 5.32 Å². The second-order valence-electron chi connectivity index (χ2n) is 7.23. The Morgan fingerprint density at radius 3 is 2.89 bits per heavy atom. The molecule has 0 aromatic carbocycles. The van der Waals surface area contributed by atoms with E-state index in [0.29, 0.717) is 6.04 Å². The van der Waals surface area contributed by atoms with E-state index in [9.17, 15) is 0 Å². The van der Waals surface area contributed by atoms with Gasteiger partial charge in [-0.25, -0.2) is 0 Å². The van der Waals surface area contributed by atoms with Crippen LogP contribution in [0.3, 0.4) is 0 Å². The smallest absolute Gasteiger partial charge is 0.0576 e. The third kappa shape index (κ3) is 5.41. The van der Waals surface area contributed by atoms with Crippen molar-refractivity contribution in [2.24, 2.45) is 7.05 Å². The summed E-state index contributed by atoms with van der Waals surface area (Å²) in [4.78, 5) is 9.88. The largest absolute Gasteiger partial charge is 0.317 e. The fourth-order valence-electron chi connectivity index (χ4n) is 3.75. The molecule has 1 aliphatic rings. The van der Waals surface area contributed by atoms with E-state index in [1.807, 2.05) is 41.5 Å². The van der Waals surface area contributed by atoms with Gasteiger partial charge in [-0.2, -0.15) is 5.10 Å². The zero-order valence-corrected chi connectivity index (χ0v) is 17.9. The molecule has 4 heterocycles. The van der Waals surface area contributed by atoms with Gasteiger partial charge in [-0.3, -0.25) is 14.6 Å². The van der Waals surface area contributed by atoms with E-state index in [1.165, 1.54) is 34.6 Å². The lowest BCUT2D eigenvalue weighted by atomic mass is 10.1. The second kappa shape index (κ2) is 10.2. The van der Waals surface area contributed by atoms with Crippen LogP contribution in [0.25, 0.3) is 10.4 Å². The van der Waals surface area contributed by atoms with Crippen LogP contribution in [0.2, 0.25) is 0 Å². The minimum atomic E-state index is 0. The van der Waals surface area contributed by atoms with Gasteiger partial charge in [0, 0.05) is 53.9 Å². The summed E-state index contributed by atoms with van der Waals surface area (Å²) in [7, 11) is 1.96. The lowest BCUT2D eigenvalue weighted by Gasteiger charge is -2.30. The molecular weight excluding hydrogens is 390 g/mol. The van der Waals surface area contributed by atoms with Gasteiger partial charge in [-0.05, 0) is 56.6 Å². The van der Waals surface area contributed by atoms with Gasteiger partial charge in [0.05, 0.1) is 11.9 Å². The first-order valence-corrected chi connectivity index (χ1v) is 10.5. The van der Waals surface area contributed by atoms with Crippen molar-refractivity contribution in [1.29, 1.82) is 0 Å². The molecule has 0 aliphatic carbocycles. The van der Waals surface area contributed by atoms with Crippen LogP contribution in [-0.4, -0.2) is 38.8 Å². The van der Waals surface area contributed by atoms with Crippen LogP contribution in [0.4, 0.5) is 0 Å². The van der Waals surface area contributed by atoms with E-state index < -0.39 is 0 Å². The van der Waals surface area contributed by atoms with Crippen LogP contribution in [0, 0.1) is 0 Å². The fraction of sp³-hybridized carbons (Fsp3) is 0.429. The molecule has 0 saturated carbocycles. The standard InChI is InChI=1S/C21H27N5S.ClH/c1-25-14-17(13-24-25)21-8-7-20(27-21)16-26(15-18-5-2-3-11-23-18)19-6-4-10-22-12-9-19;/h2-3,5,7-8,11,13-14,19,22H,4,6,9-10,12,15-16H2,1H3;1H. The van der Waals surface area contributed by atoms with Gasteiger partial charge >= 0.3 is 0 Å². The number of hydrogen-bond donors (Lipinski definition) is 1. The van der Waals surface area contributed by atoms with Crippen molar-refractivity contribution in [3.05, 3.63) is 59.5 Å². The highest BCUT2D eigenvalue weighted by atomic mass is 35.5. The second-order valence-corrected chi connectivity index (χ2v) is 8.40. The number of aryl methyl sites for hydroxylation is 1. The Kier molecular flexibility index (Phi) is 7.62.